The van der Waals surface area contributed by atoms with Crippen molar-refractivity contribution in [2.24, 2.45) is 5.92 Å². The molecule has 0 aliphatic carbocycles. The predicted molar refractivity (Wildman–Crippen MR) is 75.8 cm³/mol. The molecule has 1 aliphatic rings. The van der Waals surface area contributed by atoms with Crippen LogP contribution in [0.25, 0.3) is 0 Å². The normalized spacial score (nSPS) is 18.8. The Morgan fingerprint density at radius 3 is 2.37 bits per heavy atom. The number of aliphatic hydroxyl groups is 1. The van der Waals surface area contributed by atoms with E-state index in [1.54, 1.807) is 7.11 Å². The minimum absolute atomic E-state index is 0.0900. The summed E-state index contributed by atoms with van der Waals surface area (Å²) in [5, 5.41) is 9.68. The molecular weight excluding hydrogens is 240 g/mol. The van der Waals surface area contributed by atoms with Crippen LogP contribution >= 0.6 is 0 Å². The minimum Gasteiger partial charge on any atom is -0.496 e. The standard InChI is InChI=1S/C16H24O3/c1-5-13(8-17)16(9-19-10-16)14-6-11(2)12(3)7-15(14)18-4/h6-7,13,17H,5,8-10H2,1-4H3. The highest BCUT2D eigenvalue weighted by Gasteiger charge is 2.47. The van der Waals surface area contributed by atoms with Gasteiger partial charge in [0.25, 0.3) is 0 Å². The first-order chi connectivity index (χ1) is 9.08. The Bertz CT molecular complexity index is 446. The molecule has 106 valence electrons. The monoisotopic (exact) mass is 264 g/mol. The zero-order valence-electron chi connectivity index (χ0n) is 12.3. The van der Waals surface area contributed by atoms with E-state index in [1.165, 1.54) is 16.7 Å². The number of methoxy groups -OCH3 is 1. The summed E-state index contributed by atoms with van der Waals surface area (Å²) >= 11 is 0. The van der Waals surface area contributed by atoms with Crippen LogP contribution in [0.15, 0.2) is 12.1 Å². The fourth-order valence-electron chi connectivity index (χ4n) is 2.98. The van der Waals surface area contributed by atoms with E-state index in [4.69, 9.17) is 9.47 Å². The van der Waals surface area contributed by atoms with Crippen LogP contribution in [-0.2, 0) is 10.2 Å². The zero-order valence-corrected chi connectivity index (χ0v) is 12.3. The zero-order chi connectivity index (χ0) is 14.0. The molecule has 3 heteroatoms. The molecular formula is C16H24O3. The van der Waals surface area contributed by atoms with E-state index in [0.717, 1.165) is 12.2 Å². The van der Waals surface area contributed by atoms with Gasteiger partial charge in [0, 0.05) is 12.2 Å². The van der Waals surface area contributed by atoms with Crippen LogP contribution in [0.5, 0.6) is 5.75 Å². The molecule has 0 spiro atoms. The van der Waals surface area contributed by atoms with Crippen LogP contribution in [-0.4, -0.2) is 32.0 Å². The summed E-state index contributed by atoms with van der Waals surface area (Å²) in [6, 6.07) is 4.30. The van der Waals surface area contributed by atoms with Gasteiger partial charge in [0.2, 0.25) is 0 Å². The van der Waals surface area contributed by atoms with Crippen LogP contribution in [0.2, 0.25) is 0 Å². The highest BCUT2D eigenvalue weighted by molar-refractivity contribution is 5.47. The number of rotatable bonds is 5. The number of hydrogen-bond donors (Lipinski definition) is 1. The van der Waals surface area contributed by atoms with Gasteiger partial charge in [0.05, 0.1) is 25.7 Å². The van der Waals surface area contributed by atoms with Gasteiger partial charge in [-0.3, -0.25) is 0 Å². The van der Waals surface area contributed by atoms with E-state index >= 15 is 0 Å². The summed E-state index contributed by atoms with van der Waals surface area (Å²) in [5.74, 6) is 1.13. The molecule has 0 aromatic heterocycles. The Morgan fingerprint density at radius 1 is 1.32 bits per heavy atom. The highest BCUT2D eigenvalue weighted by atomic mass is 16.5. The van der Waals surface area contributed by atoms with Gasteiger partial charge in [0.1, 0.15) is 5.75 Å². The third-order valence-corrected chi connectivity index (χ3v) is 4.57. The molecule has 1 unspecified atom stereocenters. The van der Waals surface area contributed by atoms with E-state index in [9.17, 15) is 5.11 Å². The average molecular weight is 264 g/mol. The third kappa shape index (κ3) is 2.26. The second-order valence-corrected chi connectivity index (χ2v) is 5.57. The molecule has 0 saturated carbocycles. The molecule has 2 rings (SSSR count). The molecule has 1 heterocycles. The van der Waals surface area contributed by atoms with E-state index in [-0.39, 0.29) is 17.9 Å². The van der Waals surface area contributed by atoms with Crippen molar-refractivity contribution in [1.29, 1.82) is 0 Å². The largest absolute Gasteiger partial charge is 0.496 e. The molecule has 1 aliphatic heterocycles. The first-order valence-corrected chi connectivity index (χ1v) is 6.93. The van der Waals surface area contributed by atoms with Gasteiger partial charge in [-0.25, -0.2) is 0 Å². The molecule has 19 heavy (non-hydrogen) atoms. The number of aryl methyl sites for hydroxylation is 2. The van der Waals surface area contributed by atoms with Gasteiger partial charge in [-0.15, -0.1) is 0 Å². The van der Waals surface area contributed by atoms with Gasteiger partial charge in [0.15, 0.2) is 0 Å². The summed E-state index contributed by atoms with van der Waals surface area (Å²) in [6.45, 7) is 7.86. The number of ether oxygens (including phenoxy) is 2. The maximum atomic E-state index is 9.68. The van der Waals surface area contributed by atoms with E-state index in [0.29, 0.717) is 13.2 Å². The average Bonchev–Trinajstić information content (AvgIpc) is 2.36. The van der Waals surface area contributed by atoms with Crippen molar-refractivity contribution < 1.29 is 14.6 Å². The first-order valence-electron chi connectivity index (χ1n) is 6.93. The van der Waals surface area contributed by atoms with E-state index < -0.39 is 0 Å². The number of hydrogen-bond acceptors (Lipinski definition) is 3. The van der Waals surface area contributed by atoms with Crippen molar-refractivity contribution >= 4 is 0 Å². The van der Waals surface area contributed by atoms with Crippen LogP contribution in [0.4, 0.5) is 0 Å². The molecule has 1 aromatic rings. The third-order valence-electron chi connectivity index (χ3n) is 4.57. The first kappa shape index (κ1) is 14.4. The summed E-state index contributed by atoms with van der Waals surface area (Å²) in [6.07, 6.45) is 0.940. The second-order valence-electron chi connectivity index (χ2n) is 5.57. The van der Waals surface area contributed by atoms with E-state index in [2.05, 4.69) is 32.9 Å². The summed E-state index contributed by atoms with van der Waals surface area (Å²) in [5.41, 5.74) is 3.58. The molecule has 0 radical (unpaired) electrons. The van der Waals surface area contributed by atoms with Crippen LogP contribution in [0.1, 0.15) is 30.0 Å². The Hall–Kier alpha value is -1.06. The molecule has 0 amide bonds. The lowest BCUT2D eigenvalue weighted by molar-refractivity contribution is -0.102. The van der Waals surface area contributed by atoms with E-state index in [1.807, 2.05) is 0 Å². The quantitative estimate of drug-likeness (QED) is 0.888. The van der Waals surface area contributed by atoms with Crippen molar-refractivity contribution in [1.82, 2.24) is 0 Å². The summed E-state index contributed by atoms with van der Waals surface area (Å²) in [4.78, 5) is 0. The fourth-order valence-corrected chi connectivity index (χ4v) is 2.98. The minimum atomic E-state index is -0.0900. The molecule has 1 saturated heterocycles. The van der Waals surface area contributed by atoms with Crippen molar-refractivity contribution in [2.75, 3.05) is 26.9 Å². The number of aliphatic hydroxyl groups excluding tert-OH is 1. The van der Waals surface area contributed by atoms with Gasteiger partial charge in [-0.2, -0.15) is 0 Å². The Kier molecular flexibility index (Phi) is 4.16. The maximum Gasteiger partial charge on any atom is 0.123 e. The van der Waals surface area contributed by atoms with Crippen molar-refractivity contribution in [3.8, 4) is 5.75 Å². The van der Waals surface area contributed by atoms with Gasteiger partial charge < -0.3 is 14.6 Å². The molecule has 1 atom stereocenters. The SMILES string of the molecule is CCC(CO)C1(c2cc(C)c(C)cc2OC)COC1. The van der Waals surface area contributed by atoms with Crippen LogP contribution in [0, 0.1) is 19.8 Å². The lowest BCUT2D eigenvalue weighted by Gasteiger charge is -2.47. The van der Waals surface area contributed by atoms with Gasteiger partial charge >= 0.3 is 0 Å². The van der Waals surface area contributed by atoms with Crippen LogP contribution < -0.4 is 4.74 Å². The Labute approximate surface area is 115 Å². The highest BCUT2D eigenvalue weighted by Crippen LogP contribution is 2.45. The molecule has 0 bridgehead atoms. The number of benzene rings is 1. The molecule has 1 fully saturated rings. The van der Waals surface area contributed by atoms with Crippen LogP contribution in [0.3, 0.4) is 0 Å². The second kappa shape index (κ2) is 5.51. The lowest BCUT2D eigenvalue weighted by Crippen LogP contribution is -2.53. The Morgan fingerprint density at radius 2 is 1.95 bits per heavy atom. The molecule has 1 aromatic carbocycles. The topological polar surface area (TPSA) is 38.7 Å². The smallest absolute Gasteiger partial charge is 0.123 e. The van der Waals surface area contributed by atoms with Crippen molar-refractivity contribution in [3.05, 3.63) is 28.8 Å². The van der Waals surface area contributed by atoms with Gasteiger partial charge in [-0.05, 0) is 37.0 Å². The Balaban J connectivity index is 2.51. The maximum absolute atomic E-state index is 9.68. The van der Waals surface area contributed by atoms with Crippen molar-refractivity contribution in [2.45, 2.75) is 32.6 Å². The lowest BCUT2D eigenvalue weighted by atomic mass is 9.67. The van der Waals surface area contributed by atoms with Gasteiger partial charge in [-0.1, -0.05) is 19.4 Å². The molecule has 3 nitrogen and oxygen atoms in total. The van der Waals surface area contributed by atoms with Crippen molar-refractivity contribution in [3.63, 3.8) is 0 Å². The predicted octanol–water partition coefficient (Wildman–Crippen LogP) is 2.60. The summed E-state index contributed by atoms with van der Waals surface area (Å²) in [7, 11) is 1.71. The summed E-state index contributed by atoms with van der Waals surface area (Å²) < 4.78 is 11.0. The fraction of sp³-hybridized carbons (Fsp3) is 0.625. The molecule has 1 N–H and O–H groups in total.